The van der Waals surface area contributed by atoms with E-state index in [2.05, 4.69) is 27.7 Å². The van der Waals surface area contributed by atoms with Gasteiger partial charge in [0.25, 0.3) is 0 Å². The van der Waals surface area contributed by atoms with Crippen LogP contribution < -0.4 is 18.9 Å². The topological polar surface area (TPSA) is 114 Å². The Labute approximate surface area is 300 Å². The van der Waals surface area contributed by atoms with Crippen LogP contribution in [0.5, 0.6) is 34.5 Å². The van der Waals surface area contributed by atoms with Crippen LogP contribution in [0.4, 0.5) is 0 Å². The highest BCUT2D eigenvalue weighted by Gasteiger charge is 2.58. The monoisotopic (exact) mass is 704 g/mol. The van der Waals surface area contributed by atoms with Crippen LogP contribution in [0.2, 0.25) is 0 Å². The quantitative estimate of drug-likeness (QED) is 0.363. The van der Waals surface area contributed by atoms with E-state index in [-0.39, 0.29) is 65.3 Å². The van der Waals surface area contributed by atoms with Gasteiger partial charge in [-0.25, -0.2) is 0 Å². The minimum atomic E-state index is -0.861. The first-order valence-electron chi connectivity index (χ1n) is 19.2. The van der Waals surface area contributed by atoms with Crippen LogP contribution in [0, 0.1) is 47.3 Å². The number of phenolic OH excluding ortho intramolecular Hbond substituents is 2. The summed E-state index contributed by atoms with van der Waals surface area (Å²) in [5.74, 6) is 0.927. The van der Waals surface area contributed by atoms with E-state index in [4.69, 9.17) is 37.9 Å². The summed E-state index contributed by atoms with van der Waals surface area (Å²) >= 11 is 0. The maximum absolute atomic E-state index is 12.4. The lowest BCUT2D eigenvalue weighted by Gasteiger charge is -2.44. The van der Waals surface area contributed by atoms with Crippen LogP contribution in [0.3, 0.4) is 0 Å². The molecule has 8 aliphatic heterocycles. The molecule has 0 aromatic heterocycles. The number of hydrogen-bond donors (Lipinski definition) is 2. The predicted molar refractivity (Wildman–Crippen MR) is 184 cm³/mol. The van der Waals surface area contributed by atoms with Crippen LogP contribution >= 0.6 is 0 Å². The fourth-order valence-corrected chi connectivity index (χ4v) is 11.3. The summed E-state index contributed by atoms with van der Waals surface area (Å²) < 4.78 is 52.7. The van der Waals surface area contributed by atoms with Gasteiger partial charge < -0.3 is 48.1 Å². The number of hydrogen-bond acceptors (Lipinski definition) is 10. The van der Waals surface area contributed by atoms with Crippen LogP contribution in [0.15, 0.2) is 0 Å². The first kappa shape index (κ1) is 32.7. The van der Waals surface area contributed by atoms with Gasteiger partial charge in [-0.1, -0.05) is 27.7 Å². The third-order valence-electron chi connectivity index (χ3n) is 14.6. The Morgan fingerprint density at radius 3 is 1.04 bits per heavy atom. The first-order valence-corrected chi connectivity index (χ1v) is 19.2. The molecule has 10 nitrogen and oxygen atoms in total. The molecule has 276 valence electrons. The molecule has 51 heavy (non-hydrogen) atoms. The molecule has 10 rings (SSSR count). The third kappa shape index (κ3) is 4.30. The Kier molecular flexibility index (Phi) is 6.66. The molecule has 4 fully saturated rings. The fourth-order valence-electron chi connectivity index (χ4n) is 11.3. The fraction of sp³-hybridized carbons (Fsp3) is 0.707. The smallest absolute Gasteiger partial charge is 0.211 e. The molecule has 4 saturated heterocycles. The highest BCUT2D eigenvalue weighted by atomic mass is 16.7. The van der Waals surface area contributed by atoms with Gasteiger partial charge >= 0.3 is 0 Å². The minimum Gasteiger partial charge on any atom is -0.507 e. The zero-order valence-electron chi connectivity index (χ0n) is 31.1. The van der Waals surface area contributed by atoms with Gasteiger partial charge in [-0.05, 0) is 49.4 Å². The van der Waals surface area contributed by atoms with Crippen molar-refractivity contribution in [2.24, 2.45) is 47.3 Å². The minimum absolute atomic E-state index is 0.0824. The maximum Gasteiger partial charge on any atom is 0.211 e. The van der Waals surface area contributed by atoms with Crippen molar-refractivity contribution in [2.75, 3.05) is 26.4 Å². The highest BCUT2D eigenvalue weighted by Crippen LogP contribution is 2.61. The van der Waals surface area contributed by atoms with E-state index >= 15 is 0 Å². The summed E-state index contributed by atoms with van der Waals surface area (Å²) in [6.07, 6.45) is 2.78. The number of benzene rings is 2. The standard InChI is InChI=1S/C41H52O10/c1-18-14-44-38(5)28(18)10-24-32(42)22(34-26(36(24)50-38)12-30-20(3)16-46-40(30,7)48-34)9-23-33(43)25-11-29-19(2)15-45-39(29,6)51-37(25)27-13-31-21(4)17-47-41(31,8)49-35(23)27/h18-21,28-31,42-43H,9-17H2,1-8H3/t18-,19-,20-,21-,28+,29+,30+,31+,38+,39+,40+,41+/m0/s1. The summed E-state index contributed by atoms with van der Waals surface area (Å²) in [6.45, 7) is 19.2. The summed E-state index contributed by atoms with van der Waals surface area (Å²) in [7, 11) is 0. The molecule has 8 aliphatic rings. The number of aromatic hydroxyl groups is 2. The Morgan fingerprint density at radius 1 is 0.451 bits per heavy atom. The molecule has 2 aromatic rings. The van der Waals surface area contributed by atoms with E-state index in [1.807, 2.05) is 27.7 Å². The van der Waals surface area contributed by atoms with Gasteiger partial charge in [0, 0.05) is 91.2 Å². The lowest BCUT2D eigenvalue weighted by atomic mass is 9.75. The lowest BCUT2D eigenvalue weighted by molar-refractivity contribution is -0.174. The van der Waals surface area contributed by atoms with Gasteiger partial charge in [-0.3, -0.25) is 0 Å². The lowest BCUT2D eigenvalue weighted by Crippen LogP contribution is -2.47. The molecule has 0 spiro atoms. The second-order valence-electron chi connectivity index (χ2n) is 17.9. The zero-order chi connectivity index (χ0) is 35.6. The molecule has 12 atom stereocenters. The van der Waals surface area contributed by atoms with Crippen LogP contribution in [-0.4, -0.2) is 59.8 Å². The molecule has 0 radical (unpaired) electrons. The molecule has 8 heterocycles. The van der Waals surface area contributed by atoms with Crippen molar-refractivity contribution >= 4 is 0 Å². The first-order chi connectivity index (χ1) is 24.1. The maximum atomic E-state index is 12.4. The van der Waals surface area contributed by atoms with Crippen LogP contribution in [0.1, 0.15) is 88.8 Å². The Morgan fingerprint density at radius 2 is 0.725 bits per heavy atom. The van der Waals surface area contributed by atoms with Gasteiger partial charge in [-0.2, -0.15) is 0 Å². The van der Waals surface area contributed by atoms with E-state index in [1.54, 1.807) is 0 Å². The van der Waals surface area contributed by atoms with Gasteiger partial charge in [0.1, 0.15) is 34.5 Å². The van der Waals surface area contributed by atoms with Crippen LogP contribution in [0.25, 0.3) is 0 Å². The van der Waals surface area contributed by atoms with Crippen molar-refractivity contribution in [1.29, 1.82) is 0 Å². The molecule has 0 unspecified atom stereocenters. The molecule has 0 bridgehead atoms. The molecule has 10 heteroatoms. The average molecular weight is 705 g/mol. The van der Waals surface area contributed by atoms with E-state index in [9.17, 15) is 10.2 Å². The van der Waals surface area contributed by atoms with Crippen molar-refractivity contribution in [3.05, 3.63) is 33.4 Å². The zero-order valence-corrected chi connectivity index (χ0v) is 31.1. The van der Waals surface area contributed by atoms with Crippen molar-refractivity contribution in [2.45, 2.75) is 111 Å². The normalized spacial score (nSPS) is 43.9. The van der Waals surface area contributed by atoms with Crippen molar-refractivity contribution in [3.63, 3.8) is 0 Å². The van der Waals surface area contributed by atoms with Gasteiger partial charge in [-0.15, -0.1) is 0 Å². The second-order valence-corrected chi connectivity index (χ2v) is 17.9. The summed E-state index contributed by atoms with van der Waals surface area (Å²) in [5.41, 5.74) is 4.65. The van der Waals surface area contributed by atoms with Crippen LogP contribution in [-0.2, 0) is 51.1 Å². The molecular weight excluding hydrogens is 652 g/mol. The summed E-state index contributed by atoms with van der Waals surface area (Å²) in [4.78, 5) is 0. The molecule has 2 N–H and O–H groups in total. The van der Waals surface area contributed by atoms with Crippen molar-refractivity contribution in [1.82, 2.24) is 0 Å². The number of ether oxygens (including phenoxy) is 8. The highest BCUT2D eigenvalue weighted by molar-refractivity contribution is 5.70. The third-order valence-corrected chi connectivity index (χ3v) is 14.6. The predicted octanol–water partition coefficient (Wildman–Crippen LogP) is 6.42. The van der Waals surface area contributed by atoms with E-state index < -0.39 is 23.1 Å². The largest absolute Gasteiger partial charge is 0.507 e. The molecule has 0 amide bonds. The number of phenols is 2. The van der Waals surface area contributed by atoms with Gasteiger partial charge in [0.15, 0.2) is 0 Å². The molecule has 0 aliphatic carbocycles. The van der Waals surface area contributed by atoms with Gasteiger partial charge in [0.05, 0.1) is 26.4 Å². The van der Waals surface area contributed by atoms with E-state index in [0.29, 0.717) is 86.2 Å². The number of fused-ring (bicyclic) bond motifs is 10. The molecular formula is C41H52O10. The number of rotatable bonds is 2. The van der Waals surface area contributed by atoms with E-state index in [0.717, 1.165) is 22.3 Å². The Balaban J connectivity index is 1.17. The second kappa shape index (κ2) is 10.4. The SMILES string of the molecule is C[C@H]1CO[C@]2(C)Oc3c(c(O)c(Cc4c(O)c5c(c6c4O[C@@]4(C)OC[C@H](C)[C@H]4C6)O[C@@]4(C)OC[C@H](C)[C@H]4C5)c4c3C[C@@H]3[C@@H](C)CO[C@]3(C)O4)C[C@H]12. The van der Waals surface area contributed by atoms with Gasteiger partial charge in [0.2, 0.25) is 23.1 Å². The summed E-state index contributed by atoms with van der Waals surface area (Å²) in [5, 5.41) is 24.9. The average Bonchev–Trinajstić information content (AvgIpc) is 3.76. The van der Waals surface area contributed by atoms with Crippen molar-refractivity contribution < 1.29 is 48.1 Å². The Hall–Kier alpha value is -2.92. The van der Waals surface area contributed by atoms with E-state index in [1.165, 1.54) is 0 Å². The molecule has 2 aromatic carbocycles. The van der Waals surface area contributed by atoms with Crippen molar-refractivity contribution in [3.8, 4) is 34.5 Å². The Bertz CT molecular complexity index is 1730. The molecule has 0 saturated carbocycles. The summed E-state index contributed by atoms with van der Waals surface area (Å²) in [6, 6.07) is 0.